The molecule has 0 aliphatic heterocycles. The van der Waals surface area contributed by atoms with Crippen LogP contribution in [0.4, 0.5) is 5.82 Å². The van der Waals surface area contributed by atoms with Gasteiger partial charge in [-0.2, -0.15) is 5.26 Å². The zero-order valence-electron chi connectivity index (χ0n) is 11.3. The van der Waals surface area contributed by atoms with Crippen LogP contribution in [0.3, 0.4) is 0 Å². The van der Waals surface area contributed by atoms with E-state index >= 15 is 0 Å². The number of ether oxygens (including phenoxy) is 1. The molecule has 102 valence electrons. The molecular weight excluding hydrogens is 252 g/mol. The summed E-state index contributed by atoms with van der Waals surface area (Å²) in [7, 11) is 0. The SMILES string of the molecule is C=CCn1nc(OCc2ccccc2C)c(C#N)c1N. The number of hydrogen-bond donors (Lipinski definition) is 1. The normalized spacial score (nSPS) is 10.0. The van der Waals surface area contributed by atoms with Gasteiger partial charge in [0.25, 0.3) is 5.88 Å². The van der Waals surface area contributed by atoms with Crippen molar-refractivity contribution in [3.63, 3.8) is 0 Å². The third-order valence-corrected chi connectivity index (χ3v) is 3.00. The molecule has 0 fully saturated rings. The minimum atomic E-state index is 0.259. The molecule has 0 amide bonds. The molecule has 1 aromatic carbocycles. The van der Waals surface area contributed by atoms with Crippen LogP contribution in [0.2, 0.25) is 0 Å². The fraction of sp³-hybridized carbons (Fsp3) is 0.200. The molecule has 1 aromatic heterocycles. The Kier molecular flexibility index (Phi) is 4.06. The van der Waals surface area contributed by atoms with Crippen molar-refractivity contribution in [2.24, 2.45) is 0 Å². The van der Waals surface area contributed by atoms with E-state index in [1.165, 1.54) is 4.68 Å². The van der Waals surface area contributed by atoms with Crippen molar-refractivity contribution in [1.29, 1.82) is 5.26 Å². The fourth-order valence-corrected chi connectivity index (χ4v) is 1.84. The zero-order valence-corrected chi connectivity index (χ0v) is 11.3. The number of anilines is 1. The standard InChI is InChI=1S/C15H16N4O/c1-3-8-19-14(17)13(9-16)15(18-19)20-10-12-7-5-4-6-11(12)2/h3-7H,1,8,10,17H2,2H3. The second kappa shape index (κ2) is 5.93. The van der Waals surface area contributed by atoms with Crippen LogP contribution in [-0.4, -0.2) is 9.78 Å². The van der Waals surface area contributed by atoms with Crippen molar-refractivity contribution in [3.8, 4) is 11.9 Å². The summed E-state index contributed by atoms with van der Waals surface area (Å²) >= 11 is 0. The van der Waals surface area contributed by atoms with Crippen LogP contribution in [0, 0.1) is 18.3 Å². The van der Waals surface area contributed by atoms with Crippen LogP contribution < -0.4 is 10.5 Å². The van der Waals surface area contributed by atoms with Crippen LogP contribution in [0.25, 0.3) is 0 Å². The van der Waals surface area contributed by atoms with Crippen LogP contribution in [0.15, 0.2) is 36.9 Å². The quantitative estimate of drug-likeness (QED) is 0.845. The average molecular weight is 268 g/mol. The van der Waals surface area contributed by atoms with Gasteiger partial charge >= 0.3 is 0 Å². The highest BCUT2D eigenvalue weighted by Gasteiger charge is 2.16. The third kappa shape index (κ3) is 2.64. The number of allylic oxidation sites excluding steroid dienone is 1. The Morgan fingerprint density at radius 2 is 2.25 bits per heavy atom. The number of hydrogen-bond acceptors (Lipinski definition) is 4. The van der Waals surface area contributed by atoms with Gasteiger partial charge in [0.2, 0.25) is 0 Å². The van der Waals surface area contributed by atoms with Gasteiger partial charge in [-0.1, -0.05) is 30.3 Å². The number of aromatic nitrogens is 2. The predicted molar refractivity (Wildman–Crippen MR) is 77.1 cm³/mol. The smallest absolute Gasteiger partial charge is 0.253 e. The summed E-state index contributed by atoms with van der Waals surface area (Å²) in [6.45, 7) is 6.43. The second-order valence-electron chi connectivity index (χ2n) is 4.36. The summed E-state index contributed by atoms with van der Waals surface area (Å²) in [6, 6.07) is 9.93. The largest absolute Gasteiger partial charge is 0.471 e. The maximum Gasteiger partial charge on any atom is 0.253 e. The van der Waals surface area contributed by atoms with Crippen molar-refractivity contribution in [3.05, 3.63) is 53.6 Å². The van der Waals surface area contributed by atoms with Gasteiger partial charge in [0, 0.05) is 0 Å². The number of aryl methyl sites for hydroxylation is 1. The molecule has 2 rings (SSSR count). The molecule has 0 spiro atoms. The van der Waals surface area contributed by atoms with Gasteiger partial charge in [0.1, 0.15) is 18.5 Å². The van der Waals surface area contributed by atoms with E-state index in [1.54, 1.807) is 6.08 Å². The van der Waals surface area contributed by atoms with Gasteiger partial charge in [-0.05, 0) is 18.1 Å². The summed E-state index contributed by atoms with van der Waals surface area (Å²) in [6.07, 6.45) is 1.66. The van der Waals surface area contributed by atoms with Crippen molar-refractivity contribution in [2.45, 2.75) is 20.1 Å². The van der Waals surface area contributed by atoms with Crippen molar-refractivity contribution >= 4 is 5.82 Å². The van der Waals surface area contributed by atoms with Crippen LogP contribution in [0.5, 0.6) is 5.88 Å². The second-order valence-corrected chi connectivity index (χ2v) is 4.36. The average Bonchev–Trinajstić information content (AvgIpc) is 2.74. The number of nitrogen functional groups attached to an aromatic ring is 1. The summed E-state index contributed by atoms with van der Waals surface area (Å²) in [5.41, 5.74) is 8.29. The van der Waals surface area contributed by atoms with Crippen LogP contribution in [-0.2, 0) is 13.2 Å². The van der Waals surface area contributed by atoms with Crippen LogP contribution in [0.1, 0.15) is 16.7 Å². The summed E-state index contributed by atoms with van der Waals surface area (Å²) in [4.78, 5) is 0. The van der Waals surface area contributed by atoms with E-state index < -0.39 is 0 Å². The molecule has 0 atom stereocenters. The first-order chi connectivity index (χ1) is 9.67. The lowest BCUT2D eigenvalue weighted by molar-refractivity contribution is 0.289. The lowest BCUT2D eigenvalue weighted by Gasteiger charge is -2.06. The first-order valence-corrected chi connectivity index (χ1v) is 6.22. The summed E-state index contributed by atoms with van der Waals surface area (Å²) < 4.78 is 7.13. The number of rotatable bonds is 5. The molecule has 0 radical (unpaired) electrons. The van der Waals surface area contributed by atoms with Gasteiger partial charge < -0.3 is 10.5 Å². The highest BCUT2D eigenvalue weighted by molar-refractivity contribution is 5.55. The van der Waals surface area contributed by atoms with Crippen molar-refractivity contribution < 1.29 is 4.74 Å². The maximum atomic E-state index is 9.14. The van der Waals surface area contributed by atoms with Gasteiger partial charge in [-0.15, -0.1) is 11.7 Å². The highest BCUT2D eigenvalue weighted by atomic mass is 16.5. The van der Waals surface area contributed by atoms with Crippen LogP contribution >= 0.6 is 0 Å². The lowest BCUT2D eigenvalue weighted by atomic mass is 10.1. The minimum Gasteiger partial charge on any atom is -0.471 e. The molecule has 5 nitrogen and oxygen atoms in total. The molecule has 1 heterocycles. The Bertz CT molecular complexity index is 667. The predicted octanol–water partition coefficient (Wildman–Crippen LogP) is 2.41. The van der Waals surface area contributed by atoms with E-state index in [0.29, 0.717) is 19.0 Å². The highest BCUT2D eigenvalue weighted by Crippen LogP contribution is 2.24. The van der Waals surface area contributed by atoms with Gasteiger partial charge in [-0.25, -0.2) is 4.68 Å². The molecule has 2 aromatic rings. The molecule has 0 bridgehead atoms. The Morgan fingerprint density at radius 1 is 1.50 bits per heavy atom. The number of nitrogens with two attached hydrogens (primary N) is 1. The maximum absolute atomic E-state index is 9.14. The first-order valence-electron chi connectivity index (χ1n) is 6.22. The summed E-state index contributed by atoms with van der Waals surface area (Å²) in [5.74, 6) is 0.558. The molecule has 0 saturated heterocycles. The first kappa shape index (κ1) is 13.7. The van der Waals surface area contributed by atoms with E-state index in [2.05, 4.69) is 11.7 Å². The minimum absolute atomic E-state index is 0.259. The monoisotopic (exact) mass is 268 g/mol. The fourth-order valence-electron chi connectivity index (χ4n) is 1.84. The molecule has 5 heteroatoms. The van der Waals surface area contributed by atoms with Gasteiger partial charge in [-0.3, -0.25) is 0 Å². The Morgan fingerprint density at radius 3 is 2.90 bits per heavy atom. The molecular formula is C15H16N4O. The molecule has 20 heavy (non-hydrogen) atoms. The topological polar surface area (TPSA) is 76.9 Å². The molecule has 0 aliphatic carbocycles. The van der Waals surface area contributed by atoms with Gasteiger partial charge in [0.15, 0.2) is 5.56 Å². The number of nitriles is 1. The Labute approximate surface area is 117 Å². The molecule has 2 N–H and O–H groups in total. The van der Waals surface area contributed by atoms with E-state index in [9.17, 15) is 0 Å². The van der Waals surface area contributed by atoms with E-state index in [4.69, 9.17) is 15.7 Å². The molecule has 0 saturated carbocycles. The van der Waals surface area contributed by atoms with Crippen molar-refractivity contribution in [1.82, 2.24) is 9.78 Å². The van der Waals surface area contributed by atoms with Crippen molar-refractivity contribution in [2.75, 3.05) is 5.73 Å². The van der Waals surface area contributed by atoms with E-state index in [1.807, 2.05) is 37.3 Å². The van der Waals surface area contributed by atoms with Gasteiger partial charge in [0.05, 0.1) is 6.54 Å². The molecule has 0 aliphatic rings. The lowest BCUT2D eigenvalue weighted by Crippen LogP contribution is -2.03. The molecule has 0 unspecified atom stereocenters. The Balaban J connectivity index is 2.22. The summed E-state index contributed by atoms with van der Waals surface area (Å²) in [5, 5.41) is 13.3. The van der Waals surface area contributed by atoms with E-state index in [0.717, 1.165) is 11.1 Å². The third-order valence-electron chi connectivity index (χ3n) is 3.00. The zero-order chi connectivity index (χ0) is 14.5. The number of nitrogens with zero attached hydrogens (tertiary/aromatic N) is 3. The Hall–Kier alpha value is -2.74. The van der Waals surface area contributed by atoms with E-state index in [-0.39, 0.29) is 11.4 Å². The number of benzene rings is 1.